The molecule has 1 aliphatic rings. The summed E-state index contributed by atoms with van der Waals surface area (Å²) in [6.45, 7) is 15.7. The average molecular weight is 663 g/mol. The number of rotatable bonds is 14. The van der Waals surface area contributed by atoms with E-state index in [9.17, 15) is 0 Å². The highest BCUT2D eigenvalue weighted by molar-refractivity contribution is 5.46. The van der Waals surface area contributed by atoms with Gasteiger partial charge in [-0.1, -0.05) is 13.8 Å². The normalized spacial score (nSPS) is 16.0. The molecule has 0 bridgehead atoms. The van der Waals surface area contributed by atoms with Crippen LogP contribution in [0.1, 0.15) is 89.2 Å². The fourth-order valence-corrected chi connectivity index (χ4v) is 6.25. The summed E-state index contributed by atoms with van der Waals surface area (Å²) in [5.41, 5.74) is 1.27. The minimum atomic E-state index is -0.303. The second kappa shape index (κ2) is 14.4. The molecule has 3 heterocycles. The maximum Gasteiger partial charge on any atom is 0.173 e. The van der Waals surface area contributed by atoms with Gasteiger partial charge in [0.15, 0.2) is 11.6 Å². The van der Waals surface area contributed by atoms with Crippen molar-refractivity contribution in [2.24, 2.45) is 0 Å². The highest BCUT2D eigenvalue weighted by Crippen LogP contribution is 2.41. The Kier molecular flexibility index (Phi) is 10.5. The number of hydrogen-bond donors (Lipinski definition) is 0. The molecular formula is C34H50N10O4. The molecule has 2 aromatic heterocycles. The highest BCUT2D eigenvalue weighted by atomic mass is 16.5. The molecule has 4 aromatic rings. The van der Waals surface area contributed by atoms with E-state index in [-0.39, 0.29) is 23.2 Å². The largest absolute Gasteiger partial charge is 0.497 e. The fourth-order valence-electron chi connectivity index (χ4n) is 6.25. The Hall–Kier alpha value is -4.30. The Labute approximate surface area is 283 Å². The van der Waals surface area contributed by atoms with Crippen molar-refractivity contribution >= 4 is 0 Å². The standard InChI is InChI=1S/C34H50N10O4/c1-11-33(3,4)43-31(35-37-39-43)29(25-21-23(45-7)13-15-27(25)47-9)41-17-19-42(20-18-41)30(26-22-24(46-8)14-16-28(26)48-10)32-36-38-40-44(32)34(5,6)12-2/h13-16,21-22,29-30H,11-12,17-20H2,1-10H3. The maximum atomic E-state index is 5.91. The van der Waals surface area contributed by atoms with Gasteiger partial charge in [-0.25, -0.2) is 9.36 Å². The quantitative estimate of drug-likeness (QED) is 0.189. The lowest BCUT2D eigenvalue weighted by Crippen LogP contribution is -2.50. The predicted octanol–water partition coefficient (Wildman–Crippen LogP) is 4.48. The fraction of sp³-hybridized carbons (Fsp3) is 0.588. The molecule has 1 saturated heterocycles. The molecule has 0 spiro atoms. The molecule has 0 saturated carbocycles. The summed E-state index contributed by atoms with van der Waals surface area (Å²) in [7, 11) is 6.72. The minimum Gasteiger partial charge on any atom is -0.497 e. The molecule has 1 fully saturated rings. The molecule has 0 N–H and O–H groups in total. The minimum absolute atomic E-state index is 0.299. The molecule has 0 aliphatic carbocycles. The first-order valence-corrected chi connectivity index (χ1v) is 16.5. The number of aromatic nitrogens is 8. The van der Waals surface area contributed by atoms with Gasteiger partial charge in [-0.3, -0.25) is 9.80 Å². The summed E-state index contributed by atoms with van der Waals surface area (Å²) in [5, 5.41) is 26.6. The van der Waals surface area contributed by atoms with Crippen LogP contribution in [0.15, 0.2) is 36.4 Å². The van der Waals surface area contributed by atoms with E-state index in [0.29, 0.717) is 26.2 Å². The molecule has 48 heavy (non-hydrogen) atoms. The van der Waals surface area contributed by atoms with Gasteiger partial charge < -0.3 is 18.9 Å². The predicted molar refractivity (Wildman–Crippen MR) is 181 cm³/mol. The van der Waals surface area contributed by atoms with Gasteiger partial charge in [-0.2, -0.15) is 0 Å². The van der Waals surface area contributed by atoms with Gasteiger partial charge in [0.05, 0.1) is 39.5 Å². The zero-order valence-electron chi connectivity index (χ0n) is 30.0. The van der Waals surface area contributed by atoms with Gasteiger partial charge in [0.2, 0.25) is 0 Å². The molecule has 2 atom stereocenters. The number of benzene rings is 2. The van der Waals surface area contributed by atoms with E-state index >= 15 is 0 Å². The summed E-state index contributed by atoms with van der Waals surface area (Å²) >= 11 is 0. The van der Waals surface area contributed by atoms with Crippen LogP contribution in [0.5, 0.6) is 23.0 Å². The molecule has 14 heteroatoms. The topological polar surface area (TPSA) is 131 Å². The molecule has 5 rings (SSSR count). The van der Waals surface area contributed by atoms with Crippen LogP contribution in [0, 0.1) is 0 Å². The van der Waals surface area contributed by atoms with Crippen LogP contribution < -0.4 is 18.9 Å². The number of methoxy groups -OCH3 is 4. The first-order valence-electron chi connectivity index (χ1n) is 16.5. The van der Waals surface area contributed by atoms with Gasteiger partial charge in [-0.15, -0.1) is 10.2 Å². The van der Waals surface area contributed by atoms with Crippen molar-refractivity contribution in [3.05, 3.63) is 59.2 Å². The average Bonchev–Trinajstić information content (AvgIpc) is 3.81. The third-order valence-electron chi connectivity index (χ3n) is 9.90. The Morgan fingerprint density at radius 3 is 1.29 bits per heavy atom. The lowest BCUT2D eigenvalue weighted by Gasteiger charge is -2.43. The smallest absolute Gasteiger partial charge is 0.173 e. The van der Waals surface area contributed by atoms with E-state index in [4.69, 9.17) is 18.9 Å². The first-order chi connectivity index (χ1) is 23.0. The van der Waals surface area contributed by atoms with Crippen LogP contribution in [-0.4, -0.2) is 105 Å². The zero-order chi connectivity index (χ0) is 34.6. The second-order valence-electron chi connectivity index (χ2n) is 13.3. The van der Waals surface area contributed by atoms with E-state index in [1.165, 1.54) is 0 Å². The van der Waals surface area contributed by atoms with Crippen LogP contribution in [0.3, 0.4) is 0 Å². The van der Waals surface area contributed by atoms with Crippen molar-refractivity contribution in [1.29, 1.82) is 0 Å². The maximum absolute atomic E-state index is 5.91. The number of hydrogen-bond acceptors (Lipinski definition) is 12. The van der Waals surface area contributed by atoms with E-state index in [2.05, 4.69) is 82.4 Å². The van der Waals surface area contributed by atoms with Crippen LogP contribution >= 0.6 is 0 Å². The van der Waals surface area contributed by atoms with Crippen LogP contribution in [0.25, 0.3) is 0 Å². The molecule has 1 aliphatic heterocycles. The Morgan fingerprint density at radius 2 is 0.979 bits per heavy atom. The number of piperazine rings is 1. The van der Waals surface area contributed by atoms with Crippen LogP contribution in [-0.2, 0) is 11.1 Å². The molecule has 2 unspecified atom stereocenters. The summed E-state index contributed by atoms with van der Waals surface area (Å²) in [6, 6.07) is 11.2. The van der Waals surface area contributed by atoms with E-state index in [0.717, 1.165) is 58.6 Å². The van der Waals surface area contributed by atoms with Gasteiger partial charge in [0.25, 0.3) is 0 Å². The van der Waals surface area contributed by atoms with Crippen molar-refractivity contribution < 1.29 is 18.9 Å². The van der Waals surface area contributed by atoms with Crippen molar-refractivity contribution in [3.8, 4) is 23.0 Å². The van der Waals surface area contributed by atoms with Gasteiger partial charge in [0.1, 0.15) is 35.1 Å². The number of nitrogens with zero attached hydrogens (tertiary/aromatic N) is 10. The van der Waals surface area contributed by atoms with Crippen LogP contribution in [0.4, 0.5) is 0 Å². The number of ether oxygens (including phenoxy) is 4. The molecule has 0 amide bonds. The third-order valence-corrected chi connectivity index (χ3v) is 9.90. The van der Waals surface area contributed by atoms with Gasteiger partial charge in [0, 0.05) is 37.3 Å². The molecular weight excluding hydrogens is 612 g/mol. The van der Waals surface area contributed by atoms with Crippen molar-refractivity contribution in [2.75, 3.05) is 54.6 Å². The Morgan fingerprint density at radius 1 is 0.604 bits per heavy atom. The summed E-state index contributed by atoms with van der Waals surface area (Å²) in [4.78, 5) is 4.83. The van der Waals surface area contributed by atoms with Crippen molar-refractivity contribution in [3.63, 3.8) is 0 Å². The van der Waals surface area contributed by atoms with Crippen molar-refractivity contribution in [2.45, 2.75) is 77.5 Å². The van der Waals surface area contributed by atoms with Crippen LogP contribution in [0.2, 0.25) is 0 Å². The second-order valence-corrected chi connectivity index (χ2v) is 13.3. The molecule has 2 aromatic carbocycles. The van der Waals surface area contributed by atoms with E-state index in [1.807, 2.05) is 45.8 Å². The van der Waals surface area contributed by atoms with E-state index in [1.54, 1.807) is 28.4 Å². The van der Waals surface area contributed by atoms with Gasteiger partial charge >= 0.3 is 0 Å². The molecule has 0 radical (unpaired) electrons. The summed E-state index contributed by atoms with van der Waals surface area (Å²) in [5.74, 6) is 4.46. The zero-order valence-corrected chi connectivity index (χ0v) is 30.0. The molecule has 260 valence electrons. The summed E-state index contributed by atoms with van der Waals surface area (Å²) in [6.07, 6.45) is 1.71. The Balaban J connectivity index is 1.59. The first kappa shape index (κ1) is 35.0. The summed E-state index contributed by atoms with van der Waals surface area (Å²) < 4.78 is 27.1. The third kappa shape index (κ3) is 6.68. The highest BCUT2D eigenvalue weighted by Gasteiger charge is 2.40. The van der Waals surface area contributed by atoms with E-state index < -0.39 is 0 Å². The Bertz CT molecular complexity index is 1540. The SMILES string of the molecule is CCC(C)(C)n1nnnc1C(c1cc(OC)ccc1OC)N1CCN(C(c2cc(OC)ccc2OC)c2nnnn2C(C)(C)CC)CC1. The van der Waals surface area contributed by atoms with Gasteiger partial charge in [-0.05, 0) is 97.8 Å². The monoisotopic (exact) mass is 662 g/mol. The van der Waals surface area contributed by atoms with Crippen molar-refractivity contribution in [1.82, 2.24) is 50.2 Å². The lowest BCUT2D eigenvalue weighted by atomic mass is 9.96. The molecule has 14 nitrogen and oxygen atoms in total. The number of tetrazole rings is 2. The lowest BCUT2D eigenvalue weighted by molar-refractivity contribution is 0.0767.